The second-order valence-corrected chi connectivity index (χ2v) is 10.0. The molecule has 0 radical (unpaired) electrons. The van der Waals surface area contributed by atoms with Crippen molar-refractivity contribution >= 4 is 27.3 Å². The van der Waals surface area contributed by atoms with Crippen molar-refractivity contribution in [1.82, 2.24) is 14.8 Å². The molecular formula is C21H25ClN4O2S. The average molecular weight is 433 g/mol. The molecule has 0 spiro atoms. The van der Waals surface area contributed by atoms with Crippen LogP contribution in [0.5, 0.6) is 0 Å². The standard InChI is InChI=1S/C21H25ClN4O2S/c1-6-19-23-24-20(26(19)5)17-13-15(22)9-12-18(17)25-29(27,28)16-10-7-14(8-11-16)21(2,3)4/h7-13,25H,6H2,1-5H3. The van der Waals surface area contributed by atoms with E-state index in [0.717, 1.165) is 11.4 Å². The lowest BCUT2D eigenvalue weighted by atomic mass is 9.87. The topological polar surface area (TPSA) is 76.9 Å². The fourth-order valence-electron chi connectivity index (χ4n) is 3.03. The lowest BCUT2D eigenvalue weighted by Crippen LogP contribution is -2.15. The molecule has 0 unspecified atom stereocenters. The highest BCUT2D eigenvalue weighted by Crippen LogP contribution is 2.32. The summed E-state index contributed by atoms with van der Waals surface area (Å²) < 4.78 is 30.5. The predicted molar refractivity (Wildman–Crippen MR) is 117 cm³/mol. The van der Waals surface area contributed by atoms with E-state index in [4.69, 9.17) is 11.6 Å². The molecule has 2 aromatic carbocycles. The largest absolute Gasteiger partial charge is 0.314 e. The molecule has 0 aliphatic carbocycles. The van der Waals surface area contributed by atoms with Crippen molar-refractivity contribution in [2.45, 2.75) is 44.4 Å². The molecule has 1 aromatic heterocycles. The van der Waals surface area contributed by atoms with Gasteiger partial charge in [0.2, 0.25) is 0 Å². The highest BCUT2D eigenvalue weighted by atomic mass is 35.5. The quantitative estimate of drug-likeness (QED) is 0.628. The van der Waals surface area contributed by atoms with Gasteiger partial charge in [0, 0.05) is 24.1 Å². The van der Waals surface area contributed by atoms with Crippen molar-refractivity contribution < 1.29 is 8.42 Å². The molecule has 29 heavy (non-hydrogen) atoms. The van der Waals surface area contributed by atoms with E-state index in [9.17, 15) is 8.42 Å². The normalized spacial score (nSPS) is 12.2. The Bertz CT molecular complexity index is 1130. The van der Waals surface area contributed by atoms with E-state index < -0.39 is 10.0 Å². The third-order valence-electron chi connectivity index (χ3n) is 4.78. The first-order chi connectivity index (χ1) is 13.5. The number of nitrogens with zero attached hydrogens (tertiary/aromatic N) is 3. The van der Waals surface area contributed by atoms with E-state index >= 15 is 0 Å². The molecule has 1 N–H and O–H groups in total. The molecule has 0 aliphatic heterocycles. The van der Waals surface area contributed by atoms with Crippen molar-refractivity contribution in [3.05, 3.63) is 58.9 Å². The van der Waals surface area contributed by atoms with Crippen molar-refractivity contribution in [3.63, 3.8) is 0 Å². The second kappa shape index (κ2) is 7.80. The minimum Gasteiger partial charge on any atom is -0.314 e. The van der Waals surface area contributed by atoms with E-state index in [0.29, 0.717) is 28.5 Å². The van der Waals surface area contributed by atoms with Crippen molar-refractivity contribution in [1.29, 1.82) is 0 Å². The number of sulfonamides is 1. The lowest BCUT2D eigenvalue weighted by Gasteiger charge is -2.19. The second-order valence-electron chi connectivity index (χ2n) is 7.92. The number of aryl methyl sites for hydroxylation is 1. The summed E-state index contributed by atoms with van der Waals surface area (Å²) in [6.07, 6.45) is 0.714. The van der Waals surface area contributed by atoms with Crippen LogP contribution in [0.15, 0.2) is 47.4 Å². The SMILES string of the molecule is CCc1nnc(-c2cc(Cl)ccc2NS(=O)(=O)c2ccc(C(C)(C)C)cc2)n1C. The van der Waals surface area contributed by atoms with Gasteiger partial charge in [-0.25, -0.2) is 8.42 Å². The third kappa shape index (κ3) is 4.46. The highest BCUT2D eigenvalue weighted by Gasteiger charge is 2.21. The highest BCUT2D eigenvalue weighted by molar-refractivity contribution is 7.92. The minimum absolute atomic E-state index is 0.0543. The summed E-state index contributed by atoms with van der Waals surface area (Å²) in [5.74, 6) is 1.34. The summed E-state index contributed by atoms with van der Waals surface area (Å²) >= 11 is 6.17. The zero-order valence-corrected chi connectivity index (χ0v) is 18.8. The first-order valence-corrected chi connectivity index (χ1v) is 11.2. The molecule has 1 heterocycles. The van der Waals surface area contributed by atoms with Gasteiger partial charge in [-0.1, -0.05) is 51.4 Å². The number of anilines is 1. The van der Waals surface area contributed by atoms with Gasteiger partial charge in [0.05, 0.1) is 10.6 Å². The van der Waals surface area contributed by atoms with E-state index in [1.54, 1.807) is 30.3 Å². The van der Waals surface area contributed by atoms with E-state index in [1.807, 2.05) is 30.7 Å². The van der Waals surface area contributed by atoms with E-state index in [-0.39, 0.29) is 10.3 Å². The number of hydrogen-bond donors (Lipinski definition) is 1. The summed E-state index contributed by atoms with van der Waals surface area (Å²) in [5.41, 5.74) is 1.98. The number of aromatic nitrogens is 3. The summed E-state index contributed by atoms with van der Waals surface area (Å²) in [6, 6.07) is 11.9. The van der Waals surface area contributed by atoms with Gasteiger partial charge in [0.1, 0.15) is 5.82 Å². The van der Waals surface area contributed by atoms with Gasteiger partial charge in [-0.2, -0.15) is 0 Å². The average Bonchev–Trinajstić information content (AvgIpc) is 3.03. The molecule has 0 fully saturated rings. The molecule has 0 bridgehead atoms. The first kappa shape index (κ1) is 21.3. The Morgan fingerprint density at radius 1 is 1.07 bits per heavy atom. The monoisotopic (exact) mass is 432 g/mol. The predicted octanol–water partition coefficient (Wildman–Crippen LogP) is 4.80. The third-order valence-corrected chi connectivity index (χ3v) is 6.40. The Morgan fingerprint density at radius 2 is 1.72 bits per heavy atom. The van der Waals surface area contributed by atoms with Crippen molar-refractivity contribution in [2.75, 3.05) is 4.72 Å². The summed E-state index contributed by atoms with van der Waals surface area (Å²) in [7, 11) is -1.94. The fraction of sp³-hybridized carbons (Fsp3) is 0.333. The van der Waals surface area contributed by atoms with Crippen molar-refractivity contribution in [2.24, 2.45) is 7.05 Å². The zero-order valence-electron chi connectivity index (χ0n) is 17.2. The van der Waals surface area contributed by atoms with Crippen LogP contribution in [-0.2, 0) is 28.9 Å². The van der Waals surface area contributed by atoms with Crippen LogP contribution in [0.2, 0.25) is 5.02 Å². The molecule has 6 nitrogen and oxygen atoms in total. The Hall–Kier alpha value is -2.38. The number of benzene rings is 2. The van der Waals surface area contributed by atoms with Crippen molar-refractivity contribution in [3.8, 4) is 11.4 Å². The van der Waals surface area contributed by atoms with Gasteiger partial charge in [0.25, 0.3) is 10.0 Å². The maximum Gasteiger partial charge on any atom is 0.261 e. The molecule has 3 aromatic rings. The smallest absolute Gasteiger partial charge is 0.261 e. The molecule has 154 valence electrons. The Kier molecular flexibility index (Phi) is 5.74. The van der Waals surface area contributed by atoms with Gasteiger partial charge < -0.3 is 4.57 Å². The Labute approximate surface area is 177 Å². The maximum atomic E-state index is 13.0. The molecule has 0 amide bonds. The Morgan fingerprint density at radius 3 is 2.28 bits per heavy atom. The molecule has 0 atom stereocenters. The maximum absolute atomic E-state index is 13.0. The van der Waals surface area contributed by atoms with Gasteiger partial charge in [-0.05, 0) is 41.3 Å². The molecular weight excluding hydrogens is 408 g/mol. The molecule has 8 heteroatoms. The Balaban J connectivity index is 2.00. The zero-order chi connectivity index (χ0) is 21.4. The lowest BCUT2D eigenvalue weighted by molar-refractivity contribution is 0.587. The van der Waals surface area contributed by atoms with Crippen LogP contribution in [0.25, 0.3) is 11.4 Å². The van der Waals surface area contributed by atoms with Crippen LogP contribution in [0.4, 0.5) is 5.69 Å². The van der Waals surface area contributed by atoms with E-state index in [2.05, 4.69) is 35.7 Å². The van der Waals surface area contributed by atoms with Gasteiger partial charge in [0.15, 0.2) is 5.82 Å². The van der Waals surface area contributed by atoms with Crippen LogP contribution < -0.4 is 4.72 Å². The fourth-order valence-corrected chi connectivity index (χ4v) is 4.28. The molecule has 0 saturated heterocycles. The number of nitrogens with one attached hydrogen (secondary N) is 1. The van der Waals surface area contributed by atoms with E-state index in [1.165, 1.54) is 0 Å². The first-order valence-electron chi connectivity index (χ1n) is 9.34. The van der Waals surface area contributed by atoms with Crippen LogP contribution in [0.3, 0.4) is 0 Å². The summed E-state index contributed by atoms with van der Waals surface area (Å²) in [6.45, 7) is 8.23. The summed E-state index contributed by atoms with van der Waals surface area (Å²) in [5, 5.41) is 8.87. The number of hydrogen-bond acceptors (Lipinski definition) is 4. The molecule has 0 aliphatic rings. The van der Waals surface area contributed by atoms with Gasteiger partial charge in [-0.15, -0.1) is 10.2 Å². The number of halogens is 1. The molecule has 3 rings (SSSR count). The minimum atomic E-state index is -3.78. The van der Waals surface area contributed by atoms with Gasteiger partial charge in [-0.3, -0.25) is 4.72 Å². The van der Waals surface area contributed by atoms with Crippen LogP contribution >= 0.6 is 11.6 Å². The number of rotatable bonds is 5. The van der Waals surface area contributed by atoms with Crippen LogP contribution in [0, 0.1) is 0 Å². The summed E-state index contributed by atoms with van der Waals surface area (Å²) in [4.78, 5) is 0.193. The van der Waals surface area contributed by atoms with Crippen LogP contribution in [-0.4, -0.2) is 23.2 Å². The van der Waals surface area contributed by atoms with Crippen LogP contribution in [0.1, 0.15) is 39.1 Å². The molecule has 0 saturated carbocycles. The van der Waals surface area contributed by atoms with Gasteiger partial charge >= 0.3 is 0 Å².